The van der Waals surface area contributed by atoms with Gasteiger partial charge in [-0.25, -0.2) is 9.78 Å². The first-order valence-electron chi connectivity index (χ1n) is 7.25. The van der Waals surface area contributed by atoms with E-state index < -0.39 is 5.97 Å². The number of anilines is 1. The molecule has 1 aliphatic rings. The Bertz CT molecular complexity index is 679. The molecule has 4 nitrogen and oxygen atoms in total. The van der Waals surface area contributed by atoms with Crippen LogP contribution in [0.15, 0.2) is 18.2 Å². The van der Waals surface area contributed by atoms with Crippen LogP contribution in [0, 0.1) is 0 Å². The molecule has 2 aromatic rings. The molecule has 3 rings (SSSR count). The second-order valence-electron chi connectivity index (χ2n) is 5.22. The van der Waals surface area contributed by atoms with Crippen LogP contribution in [-0.2, 0) is 25.8 Å². The summed E-state index contributed by atoms with van der Waals surface area (Å²) in [4.78, 5) is 18.5. The molecule has 0 radical (unpaired) electrons. The third-order valence-electron chi connectivity index (χ3n) is 3.78. The molecule has 21 heavy (non-hydrogen) atoms. The topological polar surface area (TPSA) is 62.2 Å². The molecule has 0 atom stereocenters. The number of thiophene rings is 1. The minimum absolute atomic E-state index is 0.280. The van der Waals surface area contributed by atoms with E-state index in [0.717, 1.165) is 36.9 Å². The van der Waals surface area contributed by atoms with Crippen LogP contribution in [0.25, 0.3) is 0 Å². The highest BCUT2D eigenvalue weighted by Gasteiger charge is 2.19. The molecular formula is C16H18N2O2S. The van der Waals surface area contributed by atoms with E-state index in [0.29, 0.717) is 12.4 Å². The van der Waals surface area contributed by atoms with Crippen LogP contribution in [0.4, 0.5) is 5.82 Å². The average Bonchev–Trinajstić information content (AvgIpc) is 3.12. The van der Waals surface area contributed by atoms with E-state index in [1.165, 1.54) is 9.75 Å². The highest BCUT2D eigenvalue weighted by molar-refractivity contribution is 7.12. The second kappa shape index (κ2) is 5.85. The number of fused-ring (bicyclic) bond motifs is 1. The summed E-state index contributed by atoms with van der Waals surface area (Å²) in [5.74, 6) is -0.422. The van der Waals surface area contributed by atoms with Crippen LogP contribution in [0.1, 0.15) is 44.7 Å². The Kier molecular flexibility index (Phi) is 3.92. The minimum atomic E-state index is -0.917. The molecule has 1 aliphatic carbocycles. The lowest BCUT2D eigenvalue weighted by atomic mass is 10.1. The van der Waals surface area contributed by atoms with Crippen molar-refractivity contribution in [3.63, 3.8) is 0 Å². The van der Waals surface area contributed by atoms with Crippen molar-refractivity contribution < 1.29 is 9.90 Å². The van der Waals surface area contributed by atoms with Gasteiger partial charge in [0.2, 0.25) is 0 Å². The van der Waals surface area contributed by atoms with Gasteiger partial charge in [-0.05, 0) is 49.4 Å². The summed E-state index contributed by atoms with van der Waals surface area (Å²) in [5, 5.41) is 12.6. The average molecular weight is 302 g/mol. The predicted octanol–water partition coefficient (Wildman–Crippen LogP) is 3.50. The maximum Gasteiger partial charge on any atom is 0.339 e. The quantitative estimate of drug-likeness (QED) is 0.887. The van der Waals surface area contributed by atoms with E-state index in [9.17, 15) is 9.90 Å². The van der Waals surface area contributed by atoms with E-state index in [4.69, 9.17) is 0 Å². The molecule has 110 valence electrons. The van der Waals surface area contributed by atoms with Crippen LogP contribution < -0.4 is 5.32 Å². The fraction of sp³-hybridized carbons (Fsp3) is 0.375. The van der Waals surface area contributed by atoms with E-state index in [1.54, 1.807) is 17.4 Å². The maximum absolute atomic E-state index is 11.4. The molecule has 0 spiro atoms. The molecule has 2 N–H and O–H groups in total. The zero-order chi connectivity index (χ0) is 14.8. The number of hydrogen-bond acceptors (Lipinski definition) is 4. The molecule has 0 saturated carbocycles. The lowest BCUT2D eigenvalue weighted by Gasteiger charge is -2.10. The molecule has 0 fully saturated rings. The van der Waals surface area contributed by atoms with Crippen molar-refractivity contribution in [3.05, 3.63) is 44.8 Å². The van der Waals surface area contributed by atoms with Gasteiger partial charge < -0.3 is 10.4 Å². The van der Waals surface area contributed by atoms with Crippen molar-refractivity contribution >= 4 is 23.1 Å². The summed E-state index contributed by atoms with van der Waals surface area (Å²) in [6, 6.07) is 5.99. The summed E-state index contributed by atoms with van der Waals surface area (Å²) in [5.41, 5.74) is 2.41. The second-order valence-corrected chi connectivity index (χ2v) is 6.48. The number of pyridine rings is 1. The van der Waals surface area contributed by atoms with Gasteiger partial charge in [0, 0.05) is 15.4 Å². The SMILES string of the molecule is CCc1ccc(CNc2nc3c(cc2C(=O)O)CCC3)s1. The van der Waals surface area contributed by atoms with Crippen molar-refractivity contribution in [1.82, 2.24) is 4.98 Å². The van der Waals surface area contributed by atoms with Gasteiger partial charge in [-0.1, -0.05) is 6.92 Å². The van der Waals surface area contributed by atoms with Gasteiger partial charge in [-0.15, -0.1) is 11.3 Å². The number of nitrogens with zero attached hydrogens (tertiary/aromatic N) is 1. The number of aryl methyl sites for hydroxylation is 3. The number of aromatic nitrogens is 1. The number of carbonyl (C=O) groups is 1. The number of nitrogens with one attached hydrogen (secondary N) is 1. The minimum Gasteiger partial charge on any atom is -0.478 e. The lowest BCUT2D eigenvalue weighted by Crippen LogP contribution is -2.10. The Morgan fingerprint density at radius 3 is 2.90 bits per heavy atom. The summed E-state index contributed by atoms with van der Waals surface area (Å²) < 4.78 is 0. The van der Waals surface area contributed by atoms with Crippen LogP contribution in [0.3, 0.4) is 0 Å². The molecule has 0 bridgehead atoms. The van der Waals surface area contributed by atoms with Gasteiger partial charge >= 0.3 is 5.97 Å². The van der Waals surface area contributed by atoms with Crippen LogP contribution >= 0.6 is 11.3 Å². The fourth-order valence-electron chi connectivity index (χ4n) is 2.65. The number of hydrogen-bond donors (Lipinski definition) is 2. The number of aromatic carboxylic acids is 1. The van der Waals surface area contributed by atoms with E-state index in [-0.39, 0.29) is 5.56 Å². The van der Waals surface area contributed by atoms with Crippen molar-refractivity contribution in [2.24, 2.45) is 0 Å². The number of rotatable bonds is 5. The summed E-state index contributed by atoms with van der Waals surface area (Å²) >= 11 is 1.75. The highest BCUT2D eigenvalue weighted by Crippen LogP contribution is 2.26. The third-order valence-corrected chi connectivity index (χ3v) is 5.01. The number of carboxylic acids is 1. The van der Waals surface area contributed by atoms with Crippen molar-refractivity contribution in [2.45, 2.75) is 39.2 Å². The largest absolute Gasteiger partial charge is 0.478 e. The van der Waals surface area contributed by atoms with Crippen LogP contribution in [0.2, 0.25) is 0 Å². The molecule has 0 amide bonds. The smallest absolute Gasteiger partial charge is 0.339 e. The molecule has 0 saturated heterocycles. The molecule has 2 heterocycles. The van der Waals surface area contributed by atoms with Crippen molar-refractivity contribution in [1.29, 1.82) is 0 Å². The van der Waals surface area contributed by atoms with Gasteiger partial charge in [-0.2, -0.15) is 0 Å². The monoisotopic (exact) mass is 302 g/mol. The molecule has 0 unspecified atom stereocenters. The first-order valence-corrected chi connectivity index (χ1v) is 8.06. The van der Waals surface area contributed by atoms with Crippen molar-refractivity contribution in [2.75, 3.05) is 5.32 Å². The lowest BCUT2D eigenvalue weighted by molar-refractivity contribution is 0.0697. The maximum atomic E-state index is 11.4. The van der Waals surface area contributed by atoms with Crippen molar-refractivity contribution in [3.8, 4) is 0 Å². The summed E-state index contributed by atoms with van der Waals surface area (Å²) in [6.07, 6.45) is 3.98. The fourth-order valence-corrected chi connectivity index (χ4v) is 3.55. The standard InChI is InChI=1S/C16H18N2O2S/c1-2-11-6-7-12(21-11)9-17-15-13(16(19)20)8-10-4-3-5-14(10)18-15/h6-8H,2-5,9H2,1H3,(H,17,18)(H,19,20). The summed E-state index contributed by atoms with van der Waals surface area (Å²) in [6.45, 7) is 2.75. The van der Waals surface area contributed by atoms with E-state index >= 15 is 0 Å². The van der Waals surface area contributed by atoms with Gasteiger partial charge in [0.15, 0.2) is 0 Å². The van der Waals surface area contributed by atoms with Crippen LogP contribution in [-0.4, -0.2) is 16.1 Å². The molecule has 0 aromatic carbocycles. The Morgan fingerprint density at radius 2 is 2.19 bits per heavy atom. The number of carboxylic acid groups (broad SMARTS) is 1. The third kappa shape index (κ3) is 2.93. The van der Waals surface area contributed by atoms with Gasteiger partial charge in [-0.3, -0.25) is 0 Å². The van der Waals surface area contributed by atoms with Crippen LogP contribution in [0.5, 0.6) is 0 Å². The zero-order valence-electron chi connectivity index (χ0n) is 12.0. The first kappa shape index (κ1) is 14.1. The molecule has 5 heteroatoms. The molecular weight excluding hydrogens is 284 g/mol. The zero-order valence-corrected chi connectivity index (χ0v) is 12.8. The Morgan fingerprint density at radius 1 is 1.38 bits per heavy atom. The summed E-state index contributed by atoms with van der Waals surface area (Å²) in [7, 11) is 0. The van der Waals surface area contributed by atoms with Gasteiger partial charge in [0.25, 0.3) is 0 Å². The Balaban J connectivity index is 1.82. The highest BCUT2D eigenvalue weighted by atomic mass is 32.1. The normalized spacial score (nSPS) is 13.2. The first-order chi connectivity index (χ1) is 10.2. The van der Waals surface area contributed by atoms with Gasteiger partial charge in [0.1, 0.15) is 11.4 Å². The molecule has 2 aromatic heterocycles. The Hall–Kier alpha value is -1.88. The predicted molar refractivity (Wildman–Crippen MR) is 84.2 cm³/mol. The Labute approximate surface area is 127 Å². The van der Waals surface area contributed by atoms with E-state index in [2.05, 4.69) is 29.4 Å². The van der Waals surface area contributed by atoms with E-state index in [1.807, 2.05) is 0 Å². The van der Waals surface area contributed by atoms with Gasteiger partial charge in [0.05, 0.1) is 6.54 Å². The molecule has 0 aliphatic heterocycles.